The van der Waals surface area contributed by atoms with E-state index in [0.29, 0.717) is 25.7 Å². The third-order valence-electron chi connectivity index (χ3n) is 9.82. The number of carbonyl (C=O) groups excluding carboxylic acids is 3. The lowest BCUT2D eigenvalue weighted by Gasteiger charge is -2.66. The van der Waals surface area contributed by atoms with Gasteiger partial charge in [-0.2, -0.15) is 0 Å². The molecule has 0 bridgehead atoms. The molecule has 0 spiro atoms. The maximum absolute atomic E-state index is 13.7. The van der Waals surface area contributed by atoms with E-state index in [1.54, 1.807) is 6.92 Å². The Kier molecular flexibility index (Phi) is 5.61. The van der Waals surface area contributed by atoms with Gasteiger partial charge >= 0.3 is 5.97 Å². The quantitative estimate of drug-likeness (QED) is 0.507. The van der Waals surface area contributed by atoms with Crippen molar-refractivity contribution in [3.05, 3.63) is 0 Å². The van der Waals surface area contributed by atoms with Gasteiger partial charge < -0.3 is 9.84 Å². The van der Waals surface area contributed by atoms with Crippen LogP contribution in [0.4, 0.5) is 4.39 Å². The molecular weight excluding hydrogens is 423 g/mol. The summed E-state index contributed by atoms with van der Waals surface area (Å²) in [5.41, 5.74) is -2.82. The lowest BCUT2D eigenvalue weighted by Crippen LogP contribution is -2.70. The zero-order chi connectivity index (χ0) is 22.8. The molecule has 2 unspecified atom stereocenters. The van der Waals surface area contributed by atoms with Crippen molar-refractivity contribution in [3.63, 3.8) is 0 Å². The number of rotatable bonds is 4. The van der Waals surface area contributed by atoms with E-state index < -0.39 is 40.4 Å². The van der Waals surface area contributed by atoms with Crippen LogP contribution in [0.15, 0.2) is 0 Å². The van der Waals surface area contributed by atoms with Crippen LogP contribution in [-0.4, -0.2) is 45.9 Å². The number of ketones is 2. The summed E-state index contributed by atoms with van der Waals surface area (Å²) in [5, 5.41) is 11.6. The van der Waals surface area contributed by atoms with Gasteiger partial charge in [0.25, 0.3) is 0 Å². The average Bonchev–Trinajstić information content (AvgIpc) is 3.01. The van der Waals surface area contributed by atoms with Crippen molar-refractivity contribution in [1.29, 1.82) is 0 Å². The molecule has 5 nitrogen and oxygen atoms in total. The maximum Gasteiger partial charge on any atom is 0.306 e. The minimum atomic E-state index is -1.56. The topological polar surface area (TPSA) is 80.7 Å². The van der Waals surface area contributed by atoms with Crippen LogP contribution in [0.5, 0.6) is 0 Å². The lowest BCUT2D eigenvalue weighted by atomic mass is 9.43. The predicted molar refractivity (Wildman–Crippen MR) is 113 cm³/mol. The number of aliphatic hydroxyl groups excluding tert-OH is 1. The number of hydrogen-bond acceptors (Lipinski definition) is 5. The fraction of sp³-hybridized carbons (Fsp3) is 0.875. The highest BCUT2D eigenvalue weighted by atomic mass is 35.5. The number of aliphatic hydroxyl groups is 1. The number of carbonyl (C=O) groups is 3. The van der Waals surface area contributed by atoms with Crippen molar-refractivity contribution in [2.24, 2.45) is 28.6 Å². The molecule has 0 aliphatic heterocycles. The Hall–Kier alpha value is -1.01. The predicted octanol–water partition coefficient (Wildman–Crippen LogP) is 4.16. The van der Waals surface area contributed by atoms with Crippen molar-refractivity contribution < 1.29 is 28.6 Å². The molecule has 31 heavy (non-hydrogen) atoms. The van der Waals surface area contributed by atoms with Crippen molar-refractivity contribution in [2.75, 3.05) is 6.67 Å². The number of fused-ring (bicyclic) bond motifs is 5. The molecule has 0 aromatic carbocycles. The summed E-state index contributed by atoms with van der Waals surface area (Å²) >= 11 is 7.43. The molecule has 0 saturated heterocycles. The highest BCUT2D eigenvalue weighted by molar-refractivity contribution is 6.25. The summed E-state index contributed by atoms with van der Waals surface area (Å²) in [5.74, 6) is -0.996. The Balaban J connectivity index is 1.77. The van der Waals surface area contributed by atoms with Gasteiger partial charge in [-0.3, -0.25) is 14.4 Å². The third-order valence-corrected chi connectivity index (χ3v) is 10.8. The molecule has 0 radical (unpaired) electrons. The third kappa shape index (κ3) is 2.86. The molecular formula is C24H34ClFO5. The summed E-state index contributed by atoms with van der Waals surface area (Å²) in [6, 6.07) is 0. The van der Waals surface area contributed by atoms with Crippen molar-refractivity contribution in [1.82, 2.24) is 0 Å². The Bertz CT molecular complexity index is 803. The molecule has 0 amide bonds. The number of hydrogen-bond donors (Lipinski definition) is 1. The molecule has 1 N–H and O–H groups in total. The largest absolute Gasteiger partial charge is 0.450 e. The molecule has 4 fully saturated rings. The van der Waals surface area contributed by atoms with Crippen LogP contribution in [0.2, 0.25) is 0 Å². The van der Waals surface area contributed by atoms with Gasteiger partial charge in [0.05, 0.1) is 11.0 Å². The number of ether oxygens (including phenoxy) is 1. The van der Waals surface area contributed by atoms with E-state index in [1.165, 1.54) is 0 Å². The van der Waals surface area contributed by atoms with Gasteiger partial charge in [-0.25, -0.2) is 4.39 Å². The molecule has 8 atom stereocenters. The van der Waals surface area contributed by atoms with Crippen LogP contribution in [0.25, 0.3) is 0 Å². The van der Waals surface area contributed by atoms with E-state index in [2.05, 4.69) is 6.92 Å². The SMILES string of the molecule is CCC(=O)O[C@]1(C(=O)CF)CC[C@H]2[C@@H]3CCC4CC(=O)CC[C@]4(C)[C@@]3(Cl)C(O)C[C@@]21C. The van der Waals surface area contributed by atoms with Crippen molar-refractivity contribution >= 4 is 29.1 Å². The van der Waals surface area contributed by atoms with Gasteiger partial charge in [-0.05, 0) is 61.7 Å². The van der Waals surface area contributed by atoms with Crippen LogP contribution in [0, 0.1) is 28.6 Å². The van der Waals surface area contributed by atoms with Gasteiger partial charge in [0.2, 0.25) is 5.78 Å². The molecule has 0 heterocycles. The van der Waals surface area contributed by atoms with E-state index >= 15 is 0 Å². The van der Waals surface area contributed by atoms with Gasteiger partial charge in [-0.1, -0.05) is 20.8 Å². The lowest BCUT2D eigenvalue weighted by molar-refractivity contribution is -0.204. The Morgan fingerprint density at radius 1 is 1.16 bits per heavy atom. The average molecular weight is 457 g/mol. The number of esters is 1. The highest BCUT2D eigenvalue weighted by Crippen LogP contribution is 2.72. The van der Waals surface area contributed by atoms with Crippen LogP contribution in [0.1, 0.15) is 78.6 Å². The van der Waals surface area contributed by atoms with Gasteiger partial charge in [0, 0.05) is 24.7 Å². The van der Waals surface area contributed by atoms with Gasteiger partial charge in [-0.15, -0.1) is 11.6 Å². The standard InChI is InChI=1S/C24H34ClFO5/c1-4-20(30)31-23(19(29)13-26)10-8-16-17-6-5-14-11-15(27)7-9-21(14,2)24(17,25)18(28)12-22(16,23)3/h14,16-18,28H,4-13H2,1-3H3/t14?,16-,17-,18?,21-,22-,23-,24-/m0/s1. The van der Waals surface area contributed by atoms with E-state index in [9.17, 15) is 23.9 Å². The van der Waals surface area contributed by atoms with Crippen molar-refractivity contribution in [2.45, 2.75) is 95.1 Å². The van der Waals surface area contributed by atoms with E-state index in [1.807, 2.05) is 6.92 Å². The molecule has 174 valence electrons. The highest BCUT2D eigenvalue weighted by Gasteiger charge is 2.75. The van der Waals surface area contributed by atoms with Crippen LogP contribution in [-0.2, 0) is 19.1 Å². The Labute approximate surface area is 188 Å². The second kappa shape index (κ2) is 7.51. The molecule has 7 heteroatoms. The number of halogens is 2. The van der Waals surface area contributed by atoms with E-state index in [0.717, 1.165) is 12.8 Å². The Morgan fingerprint density at radius 3 is 2.52 bits per heavy atom. The summed E-state index contributed by atoms with van der Waals surface area (Å²) in [6.45, 7) is 4.44. The monoisotopic (exact) mass is 456 g/mol. The first-order valence-electron chi connectivity index (χ1n) is 11.7. The molecule has 4 rings (SSSR count). The van der Waals surface area contributed by atoms with Crippen LogP contribution < -0.4 is 0 Å². The molecule has 4 saturated carbocycles. The smallest absolute Gasteiger partial charge is 0.306 e. The summed E-state index contributed by atoms with van der Waals surface area (Å²) in [6.07, 6.45) is 3.42. The minimum absolute atomic E-state index is 0.0658. The van der Waals surface area contributed by atoms with E-state index in [-0.39, 0.29) is 48.2 Å². The first-order valence-corrected chi connectivity index (χ1v) is 12.1. The first kappa shape index (κ1) is 23.2. The van der Waals surface area contributed by atoms with Crippen LogP contribution in [0.3, 0.4) is 0 Å². The normalized spacial score (nSPS) is 49.0. The fourth-order valence-corrected chi connectivity index (χ4v) is 8.68. The maximum atomic E-state index is 13.7. The fourth-order valence-electron chi connectivity index (χ4n) is 8.10. The second-order valence-corrected chi connectivity index (χ2v) is 11.4. The van der Waals surface area contributed by atoms with Crippen LogP contribution >= 0.6 is 11.6 Å². The molecule has 4 aliphatic carbocycles. The van der Waals surface area contributed by atoms with Crippen molar-refractivity contribution in [3.8, 4) is 0 Å². The summed E-state index contributed by atoms with van der Waals surface area (Å²) in [4.78, 5) is 36.4. The summed E-state index contributed by atoms with van der Waals surface area (Å²) in [7, 11) is 0. The second-order valence-electron chi connectivity index (χ2n) is 10.8. The minimum Gasteiger partial charge on any atom is -0.450 e. The van der Waals surface area contributed by atoms with E-state index in [4.69, 9.17) is 16.3 Å². The van der Waals surface area contributed by atoms with Gasteiger partial charge in [0.1, 0.15) is 5.78 Å². The molecule has 0 aromatic rings. The zero-order valence-electron chi connectivity index (χ0n) is 18.7. The first-order chi connectivity index (χ1) is 14.5. The number of Topliss-reactive ketones (excluding diaryl/α,β-unsaturated/α-hetero) is 2. The summed E-state index contributed by atoms with van der Waals surface area (Å²) < 4.78 is 19.5. The number of alkyl halides is 2. The van der Waals surface area contributed by atoms with Gasteiger partial charge in [0.15, 0.2) is 12.3 Å². The molecule has 0 aromatic heterocycles. The molecule has 4 aliphatic rings. The zero-order valence-corrected chi connectivity index (χ0v) is 19.5. The Morgan fingerprint density at radius 2 is 1.87 bits per heavy atom.